The van der Waals surface area contributed by atoms with Crippen molar-refractivity contribution >= 4 is 10.9 Å². The predicted octanol–water partition coefficient (Wildman–Crippen LogP) is 3.86. The summed E-state index contributed by atoms with van der Waals surface area (Å²) in [5.74, 6) is 0. The SMILES string of the molecule is Cc1ccc(-n2c3ccccc3c(=O)n2C(C)(C)C)cc1. The van der Waals surface area contributed by atoms with Gasteiger partial charge in [0.05, 0.1) is 22.1 Å². The van der Waals surface area contributed by atoms with Crippen LogP contribution in [-0.4, -0.2) is 9.36 Å². The van der Waals surface area contributed by atoms with E-state index in [1.54, 1.807) is 0 Å². The Morgan fingerprint density at radius 2 is 1.52 bits per heavy atom. The number of nitrogens with zero attached hydrogens (tertiary/aromatic N) is 2. The van der Waals surface area contributed by atoms with E-state index < -0.39 is 0 Å². The third-order valence-electron chi connectivity index (χ3n) is 3.67. The average molecular weight is 280 g/mol. The largest absolute Gasteiger partial charge is 0.275 e. The molecular weight excluding hydrogens is 260 g/mol. The summed E-state index contributed by atoms with van der Waals surface area (Å²) in [6.07, 6.45) is 0. The molecule has 0 spiro atoms. The number of aromatic nitrogens is 2. The molecule has 0 fully saturated rings. The van der Waals surface area contributed by atoms with Crippen LogP contribution < -0.4 is 5.56 Å². The molecule has 0 aliphatic heterocycles. The molecule has 3 heteroatoms. The van der Waals surface area contributed by atoms with Crippen molar-refractivity contribution in [2.45, 2.75) is 33.2 Å². The minimum atomic E-state index is -0.291. The van der Waals surface area contributed by atoms with Crippen LogP contribution in [0.4, 0.5) is 0 Å². The highest BCUT2D eigenvalue weighted by molar-refractivity contribution is 5.80. The van der Waals surface area contributed by atoms with Gasteiger partial charge in [0.2, 0.25) is 0 Å². The van der Waals surface area contributed by atoms with Crippen LogP contribution in [0.2, 0.25) is 0 Å². The molecule has 2 aromatic carbocycles. The van der Waals surface area contributed by atoms with Crippen LogP contribution in [0.1, 0.15) is 26.3 Å². The molecule has 0 N–H and O–H groups in total. The maximum Gasteiger partial charge on any atom is 0.275 e. The van der Waals surface area contributed by atoms with Crippen LogP contribution in [0.5, 0.6) is 0 Å². The molecule has 3 rings (SSSR count). The Hall–Kier alpha value is -2.29. The van der Waals surface area contributed by atoms with Gasteiger partial charge >= 0.3 is 0 Å². The van der Waals surface area contributed by atoms with Crippen molar-refractivity contribution in [1.29, 1.82) is 0 Å². The van der Waals surface area contributed by atoms with E-state index in [0.29, 0.717) is 0 Å². The van der Waals surface area contributed by atoms with Crippen molar-refractivity contribution in [1.82, 2.24) is 9.36 Å². The number of para-hydroxylation sites is 1. The summed E-state index contributed by atoms with van der Waals surface area (Å²) in [5, 5.41) is 0.757. The second-order valence-electron chi connectivity index (χ2n) is 6.45. The van der Waals surface area contributed by atoms with Crippen molar-refractivity contribution in [3.63, 3.8) is 0 Å². The molecule has 0 saturated heterocycles. The Labute approximate surface area is 124 Å². The van der Waals surface area contributed by atoms with Crippen LogP contribution in [0, 0.1) is 6.92 Å². The standard InChI is InChI=1S/C18H20N2O/c1-13-9-11-14(12-10-13)19-16-8-6-5-7-15(16)17(21)20(19)18(2,3)4/h5-12H,1-4H3. The van der Waals surface area contributed by atoms with E-state index >= 15 is 0 Å². The number of aryl methyl sites for hydroxylation is 1. The average Bonchev–Trinajstić information content (AvgIpc) is 2.74. The number of hydrogen-bond acceptors (Lipinski definition) is 1. The van der Waals surface area contributed by atoms with Crippen LogP contribution in [0.25, 0.3) is 16.6 Å². The molecule has 21 heavy (non-hydrogen) atoms. The monoisotopic (exact) mass is 280 g/mol. The van der Waals surface area contributed by atoms with Gasteiger partial charge in [-0.3, -0.25) is 4.79 Å². The molecule has 0 unspecified atom stereocenters. The Balaban J connectivity index is 2.45. The molecule has 0 radical (unpaired) electrons. The molecule has 0 aliphatic carbocycles. The van der Waals surface area contributed by atoms with Gasteiger partial charge < -0.3 is 0 Å². The lowest BCUT2D eigenvalue weighted by Crippen LogP contribution is -2.36. The van der Waals surface area contributed by atoms with Gasteiger partial charge in [0, 0.05) is 0 Å². The molecule has 3 nitrogen and oxygen atoms in total. The molecule has 0 atom stereocenters. The minimum absolute atomic E-state index is 0.0543. The fraction of sp³-hybridized carbons (Fsp3) is 0.278. The van der Waals surface area contributed by atoms with Crippen LogP contribution >= 0.6 is 0 Å². The molecule has 0 bridgehead atoms. The molecule has 3 aromatic rings. The van der Waals surface area contributed by atoms with Gasteiger partial charge in [-0.15, -0.1) is 0 Å². The highest BCUT2D eigenvalue weighted by atomic mass is 16.1. The maximum absolute atomic E-state index is 12.8. The van der Waals surface area contributed by atoms with Gasteiger partial charge in [0.1, 0.15) is 0 Å². The van der Waals surface area contributed by atoms with Gasteiger partial charge in [-0.05, 0) is 52.0 Å². The molecule has 1 heterocycles. The second-order valence-corrected chi connectivity index (χ2v) is 6.45. The van der Waals surface area contributed by atoms with Crippen LogP contribution in [-0.2, 0) is 5.54 Å². The van der Waals surface area contributed by atoms with E-state index in [2.05, 4.69) is 52.0 Å². The smallest absolute Gasteiger partial charge is 0.267 e. The van der Waals surface area contributed by atoms with E-state index in [1.165, 1.54) is 5.56 Å². The molecule has 0 aliphatic rings. The zero-order valence-corrected chi connectivity index (χ0v) is 12.9. The van der Waals surface area contributed by atoms with Gasteiger partial charge in [0.25, 0.3) is 5.56 Å². The Bertz CT molecular complexity index is 846. The van der Waals surface area contributed by atoms with E-state index in [0.717, 1.165) is 16.6 Å². The van der Waals surface area contributed by atoms with E-state index in [-0.39, 0.29) is 11.1 Å². The van der Waals surface area contributed by atoms with Crippen LogP contribution in [0.15, 0.2) is 53.3 Å². The van der Waals surface area contributed by atoms with Crippen molar-refractivity contribution in [3.8, 4) is 5.69 Å². The highest BCUT2D eigenvalue weighted by Gasteiger charge is 2.23. The third kappa shape index (κ3) is 2.19. The summed E-state index contributed by atoms with van der Waals surface area (Å²) in [7, 11) is 0. The first-order valence-corrected chi connectivity index (χ1v) is 7.20. The Kier molecular flexibility index (Phi) is 3.01. The lowest BCUT2D eigenvalue weighted by Gasteiger charge is -2.25. The Morgan fingerprint density at radius 1 is 0.905 bits per heavy atom. The topological polar surface area (TPSA) is 26.9 Å². The summed E-state index contributed by atoms with van der Waals surface area (Å²) in [4.78, 5) is 12.8. The first kappa shape index (κ1) is 13.7. The minimum Gasteiger partial charge on any atom is -0.267 e. The van der Waals surface area contributed by atoms with E-state index in [9.17, 15) is 4.79 Å². The third-order valence-corrected chi connectivity index (χ3v) is 3.67. The zero-order valence-electron chi connectivity index (χ0n) is 12.9. The number of rotatable bonds is 1. The van der Waals surface area contributed by atoms with Crippen LogP contribution in [0.3, 0.4) is 0 Å². The summed E-state index contributed by atoms with van der Waals surface area (Å²) in [6.45, 7) is 8.22. The van der Waals surface area contributed by atoms with E-state index in [4.69, 9.17) is 0 Å². The Morgan fingerprint density at radius 3 is 2.14 bits per heavy atom. The first-order chi connectivity index (χ1) is 9.89. The lowest BCUT2D eigenvalue weighted by atomic mass is 10.1. The van der Waals surface area contributed by atoms with Crippen molar-refractivity contribution < 1.29 is 0 Å². The zero-order chi connectivity index (χ0) is 15.2. The van der Waals surface area contributed by atoms with Gasteiger partial charge in [-0.2, -0.15) is 0 Å². The molecule has 1 aromatic heterocycles. The predicted molar refractivity (Wildman–Crippen MR) is 87.3 cm³/mol. The van der Waals surface area contributed by atoms with Gasteiger partial charge in [-0.25, -0.2) is 9.36 Å². The van der Waals surface area contributed by atoms with E-state index in [1.807, 2.05) is 33.6 Å². The summed E-state index contributed by atoms with van der Waals surface area (Å²) >= 11 is 0. The summed E-state index contributed by atoms with van der Waals surface area (Å²) in [5.41, 5.74) is 2.93. The van der Waals surface area contributed by atoms with Crippen molar-refractivity contribution in [2.24, 2.45) is 0 Å². The molecule has 0 amide bonds. The quantitative estimate of drug-likeness (QED) is 0.665. The van der Waals surface area contributed by atoms with Crippen molar-refractivity contribution in [3.05, 3.63) is 64.4 Å². The number of fused-ring (bicyclic) bond motifs is 1. The highest BCUT2D eigenvalue weighted by Crippen LogP contribution is 2.22. The molecular formula is C18H20N2O. The maximum atomic E-state index is 12.8. The first-order valence-electron chi connectivity index (χ1n) is 7.20. The fourth-order valence-corrected chi connectivity index (χ4v) is 2.70. The normalized spacial score (nSPS) is 12.0. The van der Waals surface area contributed by atoms with Gasteiger partial charge in [-0.1, -0.05) is 29.8 Å². The molecule has 108 valence electrons. The summed E-state index contributed by atoms with van der Waals surface area (Å²) < 4.78 is 3.86. The van der Waals surface area contributed by atoms with Crippen molar-refractivity contribution in [2.75, 3.05) is 0 Å². The number of hydrogen-bond donors (Lipinski definition) is 0. The molecule has 0 saturated carbocycles. The summed E-state index contributed by atoms with van der Waals surface area (Å²) in [6, 6.07) is 16.0. The fourth-order valence-electron chi connectivity index (χ4n) is 2.70. The second kappa shape index (κ2) is 4.62. The lowest BCUT2D eigenvalue weighted by molar-refractivity contribution is 0.323. The van der Waals surface area contributed by atoms with Gasteiger partial charge in [0.15, 0.2) is 0 Å². The number of benzene rings is 2.